The van der Waals surface area contributed by atoms with E-state index in [1.165, 1.54) is 12.1 Å². The Hall–Kier alpha value is -2.03. The van der Waals surface area contributed by atoms with Crippen molar-refractivity contribution in [2.45, 2.75) is 4.90 Å². The first-order valence-corrected chi connectivity index (χ1v) is 8.27. The summed E-state index contributed by atoms with van der Waals surface area (Å²) in [4.78, 5) is 0.162. The Bertz CT molecular complexity index is 782. The number of sulfone groups is 1. The Labute approximate surface area is 128 Å². The summed E-state index contributed by atoms with van der Waals surface area (Å²) < 4.78 is 24.4. The maximum Gasteiger partial charge on any atom is 0.180 e. The van der Waals surface area contributed by atoms with Crippen molar-refractivity contribution in [1.82, 2.24) is 0 Å². The number of hydrogen-bond donors (Lipinski definition) is 1. The summed E-state index contributed by atoms with van der Waals surface area (Å²) in [5, 5.41) is 12.4. The smallest absolute Gasteiger partial charge is 0.180 e. The van der Waals surface area contributed by atoms with Gasteiger partial charge in [0.25, 0.3) is 0 Å². The Balaban J connectivity index is 2.03. The van der Waals surface area contributed by atoms with Crippen molar-refractivity contribution in [3.05, 3.63) is 59.1 Å². The number of nitrogens with zero attached hydrogens (tertiary/aromatic N) is 1. The minimum absolute atomic E-state index is 0.0611. The average molecular weight is 321 g/mol. The highest BCUT2D eigenvalue weighted by Crippen LogP contribution is 2.16. The van der Waals surface area contributed by atoms with Gasteiger partial charge in [0.05, 0.1) is 22.3 Å². The molecule has 21 heavy (non-hydrogen) atoms. The SMILES string of the molecule is N#Cc1cccc(S(=O)(=O)CCNc2cccc(Cl)c2)c1. The van der Waals surface area contributed by atoms with Gasteiger partial charge in [0.15, 0.2) is 9.84 Å². The number of benzene rings is 2. The molecule has 0 bridgehead atoms. The van der Waals surface area contributed by atoms with E-state index >= 15 is 0 Å². The summed E-state index contributed by atoms with van der Waals surface area (Å²) >= 11 is 5.85. The van der Waals surface area contributed by atoms with Gasteiger partial charge in [-0.05, 0) is 36.4 Å². The van der Waals surface area contributed by atoms with Crippen molar-refractivity contribution in [2.75, 3.05) is 17.6 Å². The molecule has 0 unspecified atom stereocenters. The lowest BCUT2D eigenvalue weighted by Crippen LogP contribution is -2.16. The van der Waals surface area contributed by atoms with Crippen LogP contribution in [0.15, 0.2) is 53.4 Å². The number of rotatable bonds is 5. The van der Waals surface area contributed by atoms with Gasteiger partial charge >= 0.3 is 0 Å². The van der Waals surface area contributed by atoms with Crippen LogP contribution in [0.5, 0.6) is 0 Å². The maximum absolute atomic E-state index is 12.2. The monoisotopic (exact) mass is 320 g/mol. The molecule has 2 aromatic carbocycles. The molecular weight excluding hydrogens is 308 g/mol. The minimum atomic E-state index is -3.42. The van der Waals surface area contributed by atoms with Crippen LogP contribution in [0.4, 0.5) is 5.69 Å². The molecule has 0 saturated heterocycles. The van der Waals surface area contributed by atoms with Crippen molar-refractivity contribution < 1.29 is 8.42 Å². The van der Waals surface area contributed by atoms with Crippen LogP contribution in [-0.2, 0) is 9.84 Å². The summed E-state index contributed by atoms with van der Waals surface area (Å²) in [6.07, 6.45) is 0. The van der Waals surface area contributed by atoms with Gasteiger partial charge in [-0.25, -0.2) is 8.42 Å². The minimum Gasteiger partial charge on any atom is -0.384 e. The van der Waals surface area contributed by atoms with E-state index in [4.69, 9.17) is 16.9 Å². The van der Waals surface area contributed by atoms with Gasteiger partial charge in [-0.15, -0.1) is 0 Å². The first-order valence-electron chi connectivity index (χ1n) is 6.24. The summed E-state index contributed by atoms with van der Waals surface area (Å²) in [5.41, 5.74) is 1.10. The fraction of sp³-hybridized carbons (Fsp3) is 0.133. The highest BCUT2D eigenvalue weighted by atomic mass is 35.5. The molecule has 108 valence electrons. The second-order valence-electron chi connectivity index (χ2n) is 4.40. The number of halogens is 1. The molecule has 6 heteroatoms. The molecule has 0 aromatic heterocycles. The summed E-state index contributed by atoms with van der Waals surface area (Å²) in [5.74, 6) is -0.0611. The third-order valence-corrected chi connectivity index (χ3v) is 4.80. The maximum atomic E-state index is 12.2. The van der Waals surface area contributed by atoms with Crippen LogP contribution in [0.25, 0.3) is 0 Å². The quantitative estimate of drug-likeness (QED) is 0.919. The van der Waals surface area contributed by atoms with Gasteiger partial charge < -0.3 is 5.32 Å². The van der Waals surface area contributed by atoms with Crippen molar-refractivity contribution in [3.8, 4) is 6.07 Å². The predicted molar refractivity (Wildman–Crippen MR) is 83.2 cm³/mol. The molecule has 0 saturated carbocycles. The standard InChI is InChI=1S/C15H13ClN2O2S/c16-13-4-2-5-14(10-13)18-7-8-21(19,20)15-6-1-3-12(9-15)11-17/h1-6,9-10,18H,7-8H2. The van der Waals surface area contributed by atoms with E-state index in [-0.39, 0.29) is 17.2 Å². The van der Waals surface area contributed by atoms with Crippen LogP contribution in [-0.4, -0.2) is 20.7 Å². The molecular formula is C15H13ClN2O2S. The largest absolute Gasteiger partial charge is 0.384 e. The fourth-order valence-corrected chi connectivity index (χ4v) is 3.19. The zero-order valence-electron chi connectivity index (χ0n) is 11.1. The molecule has 0 fully saturated rings. The molecule has 0 aliphatic rings. The summed E-state index contributed by atoms with van der Waals surface area (Å²) in [7, 11) is -3.42. The lowest BCUT2D eigenvalue weighted by Gasteiger charge is -2.08. The van der Waals surface area contributed by atoms with Crippen molar-refractivity contribution in [3.63, 3.8) is 0 Å². The molecule has 1 N–H and O–H groups in total. The van der Waals surface area contributed by atoms with E-state index in [9.17, 15) is 8.42 Å². The Morgan fingerprint density at radius 3 is 2.62 bits per heavy atom. The van der Waals surface area contributed by atoms with Gasteiger partial charge in [-0.1, -0.05) is 23.7 Å². The van der Waals surface area contributed by atoms with Gasteiger partial charge in [-0.3, -0.25) is 0 Å². The van der Waals surface area contributed by atoms with Crippen LogP contribution in [0, 0.1) is 11.3 Å². The molecule has 0 atom stereocenters. The lowest BCUT2D eigenvalue weighted by atomic mass is 10.2. The second-order valence-corrected chi connectivity index (χ2v) is 6.94. The van der Waals surface area contributed by atoms with Gasteiger partial charge in [0, 0.05) is 17.3 Å². The normalized spacial score (nSPS) is 10.9. The third kappa shape index (κ3) is 4.22. The zero-order valence-corrected chi connectivity index (χ0v) is 12.7. The lowest BCUT2D eigenvalue weighted by molar-refractivity contribution is 0.596. The Morgan fingerprint density at radius 2 is 1.90 bits per heavy atom. The third-order valence-electron chi connectivity index (χ3n) is 2.85. The number of anilines is 1. The molecule has 0 heterocycles. The van der Waals surface area contributed by atoms with E-state index in [1.54, 1.807) is 30.3 Å². The number of nitriles is 1. The summed E-state index contributed by atoms with van der Waals surface area (Å²) in [6, 6.07) is 15.0. The van der Waals surface area contributed by atoms with Crippen molar-refractivity contribution in [1.29, 1.82) is 5.26 Å². The van der Waals surface area contributed by atoms with Gasteiger partial charge in [0.1, 0.15) is 0 Å². The number of hydrogen-bond acceptors (Lipinski definition) is 4. The molecule has 4 nitrogen and oxygen atoms in total. The highest BCUT2D eigenvalue weighted by Gasteiger charge is 2.14. The zero-order chi connectivity index (χ0) is 15.3. The van der Waals surface area contributed by atoms with E-state index in [2.05, 4.69) is 5.32 Å². The van der Waals surface area contributed by atoms with E-state index in [1.807, 2.05) is 12.1 Å². The van der Waals surface area contributed by atoms with E-state index in [0.717, 1.165) is 5.69 Å². The van der Waals surface area contributed by atoms with E-state index < -0.39 is 9.84 Å². The topological polar surface area (TPSA) is 70.0 Å². The van der Waals surface area contributed by atoms with Crippen LogP contribution in [0.1, 0.15) is 5.56 Å². The van der Waals surface area contributed by atoms with Crippen LogP contribution in [0.3, 0.4) is 0 Å². The van der Waals surface area contributed by atoms with E-state index in [0.29, 0.717) is 10.6 Å². The molecule has 0 aliphatic carbocycles. The molecule has 0 amide bonds. The Morgan fingerprint density at radius 1 is 1.14 bits per heavy atom. The van der Waals surface area contributed by atoms with Crippen LogP contribution in [0.2, 0.25) is 5.02 Å². The van der Waals surface area contributed by atoms with Crippen LogP contribution < -0.4 is 5.32 Å². The average Bonchev–Trinajstić information content (AvgIpc) is 2.47. The second kappa shape index (κ2) is 6.61. The van der Waals surface area contributed by atoms with Crippen molar-refractivity contribution in [2.24, 2.45) is 0 Å². The predicted octanol–water partition coefficient (Wildman–Crippen LogP) is 3.10. The fourth-order valence-electron chi connectivity index (χ4n) is 1.81. The summed E-state index contributed by atoms with van der Waals surface area (Å²) in [6.45, 7) is 0.263. The van der Waals surface area contributed by atoms with Gasteiger partial charge in [-0.2, -0.15) is 5.26 Å². The molecule has 0 aliphatic heterocycles. The first kappa shape index (κ1) is 15.4. The molecule has 2 aromatic rings. The molecule has 0 radical (unpaired) electrons. The van der Waals surface area contributed by atoms with Crippen LogP contribution >= 0.6 is 11.6 Å². The van der Waals surface area contributed by atoms with Crippen molar-refractivity contribution >= 4 is 27.1 Å². The Kier molecular flexibility index (Phi) is 4.84. The molecule has 0 spiro atoms. The van der Waals surface area contributed by atoms with Gasteiger partial charge in [0.2, 0.25) is 0 Å². The highest BCUT2D eigenvalue weighted by molar-refractivity contribution is 7.91. The number of nitrogens with one attached hydrogen (secondary N) is 1. The first-order chi connectivity index (χ1) is 10.0. The molecule has 2 rings (SSSR count).